The maximum atomic E-state index is 13.2. The molecule has 6 nitrogen and oxygen atoms in total. The number of furan rings is 1. The highest BCUT2D eigenvalue weighted by atomic mass is 16.5. The van der Waals surface area contributed by atoms with Crippen molar-refractivity contribution in [2.75, 3.05) is 7.11 Å². The van der Waals surface area contributed by atoms with Crippen LogP contribution in [0.4, 0.5) is 0 Å². The molecule has 2 aromatic carbocycles. The van der Waals surface area contributed by atoms with Gasteiger partial charge in [-0.3, -0.25) is 9.59 Å². The Morgan fingerprint density at radius 2 is 1.77 bits per heavy atom. The molecule has 6 heteroatoms. The van der Waals surface area contributed by atoms with E-state index in [2.05, 4.69) is 5.32 Å². The molecular formula is C24H26N2O4. The molecule has 0 aliphatic heterocycles. The molecule has 0 aliphatic carbocycles. The van der Waals surface area contributed by atoms with Crippen molar-refractivity contribution < 1.29 is 18.7 Å². The Hall–Kier alpha value is -3.54. The third-order valence-electron chi connectivity index (χ3n) is 4.83. The molecule has 3 rings (SSSR count). The van der Waals surface area contributed by atoms with Crippen molar-refractivity contribution in [2.45, 2.75) is 32.5 Å². The van der Waals surface area contributed by atoms with E-state index in [1.165, 1.54) is 0 Å². The van der Waals surface area contributed by atoms with Gasteiger partial charge in [0.1, 0.15) is 17.6 Å². The number of hydrogen-bond acceptors (Lipinski definition) is 4. The van der Waals surface area contributed by atoms with Gasteiger partial charge in [-0.2, -0.15) is 0 Å². The standard InChI is InChI=1S/C24H26N2O4/c1-3-22(27)26(17-18-11-13-20(29-2)14-12-18)23(19-8-5-4-6-9-19)24(28)25-16-21-10-7-15-30-21/h4-15,23H,3,16-17H2,1-2H3,(H,25,28)/t23-/m0/s1. The third-order valence-corrected chi connectivity index (χ3v) is 4.83. The molecule has 1 heterocycles. The zero-order chi connectivity index (χ0) is 21.3. The molecule has 0 spiro atoms. The van der Waals surface area contributed by atoms with Crippen LogP contribution in [0, 0.1) is 0 Å². The van der Waals surface area contributed by atoms with Crippen molar-refractivity contribution in [2.24, 2.45) is 0 Å². The van der Waals surface area contributed by atoms with Crippen molar-refractivity contribution in [3.05, 3.63) is 89.9 Å². The number of amides is 2. The molecule has 0 unspecified atom stereocenters. The average Bonchev–Trinajstić information content (AvgIpc) is 3.31. The first-order valence-electron chi connectivity index (χ1n) is 9.89. The van der Waals surface area contributed by atoms with E-state index in [1.54, 1.807) is 37.3 Å². The summed E-state index contributed by atoms with van der Waals surface area (Å²) in [6.07, 6.45) is 1.86. The molecule has 2 amide bonds. The van der Waals surface area contributed by atoms with Gasteiger partial charge in [-0.1, -0.05) is 49.4 Å². The molecule has 0 bridgehead atoms. The predicted molar refractivity (Wildman–Crippen MR) is 114 cm³/mol. The topological polar surface area (TPSA) is 71.8 Å². The molecular weight excluding hydrogens is 380 g/mol. The Labute approximate surface area is 176 Å². The summed E-state index contributed by atoms with van der Waals surface area (Å²) in [5.74, 6) is 1.03. The van der Waals surface area contributed by atoms with Gasteiger partial charge in [0, 0.05) is 13.0 Å². The van der Waals surface area contributed by atoms with Gasteiger partial charge in [-0.25, -0.2) is 0 Å². The molecule has 1 aromatic heterocycles. The van der Waals surface area contributed by atoms with Crippen molar-refractivity contribution in [3.63, 3.8) is 0 Å². The molecule has 0 saturated carbocycles. The van der Waals surface area contributed by atoms with E-state index in [0.717, 1.165) is 16.9 Å². The summed E-state index contributed by atoms with van der Waals surface area (Å²) >= 11 is 0. The van der Waals surface area contributed by atoms with Gasteiger partial charge < -0.3 is 19.4 Å². The van der Waals surface area contributed by atoms with Crippen molar-refractivity contribution in [3.8, 4) is 5.75 Å². The minimum atomic E-state index is -0.754. The van der Waals surface area contributed by atoms with Crippen molar-refractivity contribution >= 4 is 11.8 Å². The molecule has 0 radical (unpaired) electrons. The molecule has 1 N–H and O–H groups in total. The number of carbonyl (C=O) groups is 2. The summed E-state index contributed by atoms with van der Waals surface area (Å²) in [5.41, 5.74) is 1.67. The van der Waals surface area contributed by atoms with Gasteiger partial charge in [0.25, 0.3) is 0 Å². The molecule has 0 fully saturated rings. The largest absolute Gasteiger partial charge is 0.497 e. The summed E-state index contributed by atoms with van der Waals surface area (Å²) in [5, 5.41) is 2.90. The second-order valence-corrected chi connectivity index (χ2v) is 6.83. The zero-order valence-electron chi connectivity index (χ0n) is 17.2. The van der Waals surface area contributed by atoms with Crippen LogP contribution in [-0.2, 0) is 22.7 Å². The fraction of sp³-hybridized carbons (Fsp3) is 0.250. The average molecular weight is 406 g/mol. The summed E-state index contributed by atoms with van der Waals surface area (Å²) in [6.45, 7) is 2.36. The highest BCUT2D eigenvalue weighted by Gasteiger charge is 2.30. The summed E-state index contributed by atoms with van der Waals surface area (Å²) < 4.78 is 10.5. The number of rotatable bonds is 9. The molecule has 0 saturated heterocycles. The van der Waals surface area contributed by atoms with Crippen molar-refractivity contribution in [1.82, 2.24) is 10.2 Å². The predicted octanol–water partition coefficient (Wildman–Crippen LogP) is 4.08. The lowest BCUT2D eigenvalue weighted by atomic mass is 10.0. The first-order valence-corrected chi connectivity index (χ1v) is 9.89. The third kappa shape index (κ3) is 5.29. The van der Waals surface area contributed by atoms with E-state index >= 15 is 0 Å². The Morgan fingerprint density at radius 3 is 2.37 bits per heavy atom. The van der Waals surface area contributed by atoms with Gasteiger partial charge in [0.2, 0.25) is 11.8 Å². The van der Waals surface area contributed by atoms with Gasteiger partial charge in [-0.15, -0.1) is 0 Å². The Bertz CT molecular complexity index is 937. The highest BCUT2D eigenvalue weighted by Crippen LogP contribution is 2.25. The quantitative estimate of drug-likeness (QED) is 0.581. The second kappa shape index (κ2) is 10.3. The van der Waals surface area contributed by atoms with Gasteiger partial charge in [0.15, 0.2) is 0 Å². The Morgan fingerprint density at radius 1 is 1.03 bits per heavy atom. The maximum absolute atomic E-state index is 13.2. The molecule has 1 atom stereocenters. The molecule has 0 aliphatic rings. The zero-order valence-corrected chi connectivity index (χ0v) is 17.2. The fourth-order valence-corrected chi connectivity index (χ4v) is 3.25. The number of carbonyl (C=O) groups excluding carboxylic acids is 2. The number of hydrogen-bond donors (Lipinski definition) is 1. The van der Waals surface area contributed by atoms with Crippen LogP contribution in [0.15, 0.2) is 77.4 Å². The first-order chi connectivity index (χ1) is 14.6. The van der Waals surface area contributed by atoms with Crippen LogP contribution in [-0.4, -0.2) is 23.8 Å². The summed E-state index contributed by atoms with van der Waals surface area (Å²) in [6, 6.07) is 19.6. The number of ether oxygens (including phenoxy) is 1. The van der Waals surface area contributed by atoms with Crippen LogP contribution in [0.2, 0.25) is 0 Å². The lowest BCUT2D eigenvalue weighted by Gasteiger charge is -2.31. The van der Waals surface area contributed by atoms with Gasteiger partial charge in [0.05, 0.1) is 19.9 Å². The smallest absolute Gasteiger partial charge is 0.247 e. The van der Waals surface area contributed by atoms with Crippen LogP contribution in [0.5, 0.6) is 5.75 Å². The molecule has 3 aromatic rings. The first kappa shape index (κ1) is 21.2. The minimum Gasteiger partial charge on any atom is -0.497 e. The van der Waals surface area contributed by atoms with Gasteiger partial charge in [-0.05, 0) is 35.4 Å². The Balaban J connectivity index is 1.89. The fourth-order valence-electron chi connectivity index (χ4n) is 3.25. The van der Waals surface area contributed by atoms with E-state index in [9.17, 15) is 9.59 Å². The minimum absolute atomic E-state index is 0.104. The van der Waals surface area contributed by atoms with Crippen LogP contribution in [0.1, 0.15) is 36.3 Å². The van der Waals surface area contributed by atoms with Crippen molar-refractivity contribution in [1.29, 1.82) is 0 Å². The van der Waals surface area contributed by atoms with E-state index in [-0.39, 0.29) is 18.4 Å². The van der Waals surface area contributed by atoms with Gasteiger partial charge >= 0.3 is 0 Å². The Kier molecular flexibility index (Phi) is 7.27. The lowest BCUT2D eigenvalue weighted by Crippen LogP contribution is -2.43. The lowest BCUT2D eigenvalue weighted by molar-refractivity contribution is -0.141. The van der Waals surface area contributed by atoms with E-state index in [0.29, 0.717) is 18.7 Å². The van der Waals surface area contributed by atoms with E-state index in [1.807, 2.05) is 54.6 Å². The van der Waals surface area contributed by atoms with Crippen LogP contribution >= 0.6 is 0 Å². The van der Waals surface area contributed by atoms with Crippen LogP contribution in [0.3, 0.4) is 0 Å². The molecule has 30 heavy (non-hydrogen) atoms. The number of nitrogens with one attached hydrogen (secondary N) is 1. The van der Waals surface area contributed by atoms with Crippen LogP contribution in [0.25, 0.3) is 0 Å². The number of nitrogens with zero attached hydrogens (tertiary/aromatic N) is 1. The molecule has 156 valence electrons. The van der Waals surface area contributed by atoms with Crippen LogP contribution < -0.4 is 10.1 Å². The summed E-state index contributed by atoms with van der Waals surface area (Å²) in [4.78, 5) is 27.7. The summed E-state index contributed by atoms with van der Waals surface area (Å²) in [7, 11) is 1.61. The highest BCUT2D eigenvalue weighted by molar-refractivity contribution is 5.88. The monoisotopic (exact) mass is 406 g/mol. The SMILES string of the molecule is CCC(=O)N(Cc1ccc(OC)cc1)[C@H](C(=O)NCc1ccco1)c1ccccc1. The van der Waals surface area contributed by atoms with E-state index < -0.39 is 6.04 Å². The maximum Gasteiger partial charge on any atom is 0.247 e. The van der Waals surface area contributed by atoms with E-state index in [4.69, 9.17) is 9.15 Å². The normalized spacial score (nSPS) is 11.5. The second-order valence-electron chi connectivity index (χ2n) is 6.83. The number of benzene rings is 2. The number of methoxy groups -OCH3 is 1.